The van der Waals surface area contributed by atoms with Gasteiger partial charge in [-0.3, -0.25) is 9.59 Å². The topological polar surface area (TPSA) is 58.2 Å². The van der Waals surface area contributed by atoms with Crippen LogP contribution in [0.4, 0.5) is 11.4 Å². The van der Waals surface area contributed by atoms with Crippen LogP contribution in [-0.4, -0.2) is 11.8 Å². The van der Waals surface area contributed by atoms with Crippen molar-refractivity contribution in [3.63, 3.8) is 0 Å². The fourth-order valence-electron chi connectivity index (χ4n) is 5.23. The second kappa shape index (κ2) is 7.66. The Morgan fingerprint density at radius 2 is 1.07 bits per heavy atom. The lowest BCUT2D eigenvalue weighted by atomic mass is 10.0. The quantitative estimate of drug-likeness (QED) is 0.619. The van der Waals surface area contributed by atoms with E-state index in [1.807, 2.05) is 12.1 Å². The summed E-state index contributed by atoms with van der Waals surface area (Å²) in [5.74, 6) is 0.669. The number of carbonyl (C=O) groups excluding carboxylic acids is 2. The number of anilines is 2. The van der Waals surface area contributed by atoms with Crippen LogP contribution in [-0.2, 0) is 16.0 Å². The third kappa shape index (κ3) is 3.68. The Balaban J connectivity index is 1.29. The number of rotatable bonds is 4. The normalized spacial score (nSPS) is 18.5. The Labute approximate surface area is 172 Å². The van der Waals surface area contributed by atoms with Crippen molar-refractivity contribution in [2.45, 2.75) is 57.8 Å². The van der Waals surface area contributed by atoms with Gasteiger partial charge >= 0.3 is 0 Å². The maximum absolute atomic E-state index is 12.4. The first-order chi connectivity index (χ1) is 14.2. The Bertz CT molecular complexity index is 876. The molecule has 150 valence electrons. The summed E-state index contributed by atoms with van der Waals surface area (Å²) in [5.41, 5.74) is 6.72. The molecule has 4 heteroatoms. The summed E-state index contributed by atoms with van der Waals surface area (Å²) in [5, 5.41) is 6.23. The molecule has 2 aromatic rings. The summed E-state index contributed by atoms with van der Waals surface area (Å²) in [6, 6.07) is 12.5. The molecule has 2 saturated carbocycles. The van der Waals surface area contributed by atoms with E-state index in [4.69, 9.17) is 0 Å². The molecular formula is C25H28N2O2. The maximum atomic E-state index is 12.4. The number of amides is 2. The third-order valence-corrected chi connectivity index (χ3v) is 6.87. The zero-order valence-corrected chi connectivity index (χ0v) is 16.8. The van der Waals surface area contributed by atoms with Crippen molar-refractivity contribution in [2.75, 3.05) is 10.6 Å². The first-order valence-corrected chi connectivity index (χ1v) is 11.1. The van der Waals surface area contributed by atoms with Crippen LogP contribution < -0.4 is 10.6 Å². The van der Waals surface area contributed by atoms with Gasteiger partial charge in [-0.05, 0) is 78.6 Å². The number of hydrogen-bond donors (Lipinski definition) is 2. The summed E-state index contributed by atoms with van der Waals surface area (Å²) in [7, 11) is 0. The van der Waals surface area contributed by atoms with Crippen molar-refractivity contribution < 1.29 is 9.59 Å². The SMILES string of the molecule is O=C(Nc1ccc2c(c1)Cc1cc(NC(=O)C3CCCC3)ccc1-2)C1CCCC1. The van der Waals surface area contributed by atoms with Gasteiger partial charge in [0, 0.05) is 23.2 Å². The molecule has 0 heterocycles. The molecule has 0 bridgehead atoms. The smallest absolute Gasteiger partial charge is 0.227 e. The van der Waals surface area contributed by atoms with Crippen molar-refractivity contribution >= 4 is 23.2 Å². The molecule has 0 unspecified atom stereocenters. The molecule has 3 aliphatic carbocycles. The van der Waals surface area contributed by atoms with Crippen LogP contribution in [0.5, 0.6) is 0 Å². The van der Waals surface area contributed by atoms with Gasteiger partial charge in [0.15, 0.2) is 0 Å². The van der Waals surface area contributed by atoms with Gasteiger partial charge in [-0.15, -0.1) is 0 Å². The highest BCUT2D eigenvalue weighted by Gasteiger charge is 2.25. The van der Waals surface area contributed by atoms with Crippen molar-refractivity contribution in [1.82, 2.24) is 0 Å². The molecule has 2 aromatic carbocycles. The lowest BCUT2D eigenvalue weighted by Crippen LogP contribution is -2.20. The van der Waals surface area contributed by atoms with E-state index < -0.39 is 0 Å². The number of carbonyl (C=O) groups is 2. The molecule has 29 heavy (non-hydrogen) atoms. The van der Waals surface area contributed by atoms with Gasteiger partial charge in [-0.2, -0.15) is 0 Å². The van der Waals surface area contributed by atoms with Gasteiger partial charge in [0.2, 0.25) is 11.8 Å². The molecule has 0 aromatic heterocycles. The van der Waals surface area contributed by atoms with E-state index in [1.165, 1.54) is 22.3 Å². The van der Waals surface area contributed by atoms with Gasteiger partial charge in [0.1, 0.15) is 0 Å². The predicted octanol–water partition coefficient (Wildman–Crippen LogP) is 5.52. The molecule has 4 nitrogen and oxygen atoms in total. The van der Waals surface area contributed by atoms with E-state index in [2.05, 4.69) is 34.9 Å². The predicted molar refractivity (Wildman–Crippen MR) is 116 cm³/mol. The van der Waals surface area contributed by atoms with Crippen molar-refractivity contribution in [3.05, 3.63) is 47.5 Å². The molecule has 0 saturated heterocycles. The molecule has 3 aliphatic rings. The largest absolute Gasteiger partial charge is 0.326 e. The van der Waals surface area contributed by atoms with Crippen LogP contribution in [0.1, 0.15) is 62.5 Å². The Kier molecular flexibility index (Phi) is 4.86. The van der Waals surface area contributed by atoms with E-state index in [-0.39, 0.29) is 23.7 Å². The number of hydrogen-bond acceptors (Lipinski definition) is 2. The minimum atomic E-state index is 0.162. The second-order valence-electron chi connectivity index (χ2n) is 8.86. The van der Waals surface area contributed by atoms with E-state index in [0.717, 1.165) is 69.2 Å². The highest BCUT2D eigenvalue weighted by Crippen LogP contribution is 2.39. The fourth-order valence-corrected chi connectivity index (χ4v) is 5.23. The summed E-state index contributed by atoms with van der Waals surface area (Å²) in [4.78, 5) is 24.9. The highest BCUT2D eigenvalue weighted by molar-refractivity contribution is 5.95. The van der Waals surface area contributed by atoms with Gasteiger partial charge in [-0.1, -0.05) is 37.8 Å². The molecule has 0 spiro atoms. The van der Waals surface area contributed by atoms with E-state index in [0.29, 0.717) is 0 Å². The summed E-state index contributed by atoms with van der Waals surface area (Å²) < 4.78 is 0. The van der Waals surface area contributed by atoms with Crippen LogP contribution in [0, 0.1) is 11.8 Å². The van der Waals surface area contributed by atoms with Gasteiger partial charge in [-0.25, -0.2) is 0 Å². The molecule has 0 radical (unpaired) electrons. The van der Waals surface area contributed by atoms with Gasteiger partial charge in [0.25, 0.3) is 0 Å². The molecule has 2 amide bonds. The van der Waals surface area contributed by atoms with Crippen molar-refractivity contribution in [2.24, 2.45) is 11.8 Å². The zero-order chi connectivity index (χ0) is 19.8. The average Bonchev–Trinajstić information content (AvgIpc) is 3.47. The van der Waals surface area contributed by atoms with Crippen LogP contribution in [0.15, 0.2) is 36.4 Å². The Morgan fingerprint density at radius 1 is 0.655 bits per heavy atom. The summed E-state index contributed by atoms with van der Waals surface area (Å²) in [6.45, 7) is 0. The summed E-state index contributed by atoms with van der Waals surface area (Å²) in [6.07, 6.45) is 9.54. The van der Waals surface area contributed by atoms with Gasteiger partial charge in [0.05, 0.1) is 0 Å². The summed E-state index contributed by atoms with van der Waals surface area (Å²) >= 11 is 0. The van der Waals surface area contributed by atoms with Crippen LogP contribution >= 0.6 is 0 Å². The third-order valence-electron chi connectivity index (χ3n) is 6.87. The lowest BCUT2D eigenvalue weighted by molar-refractivity contribution is -0.120. The Hall–Kier alpha value is -2.62. The first kappa shape index (κ1) is 18.4. The van der Waals surface area contributed by atoms with Gasteiger partial charge < -0.3 is 10.6 Å². The molecular weight excluding hydrogens is 360 g/mol. The van der Waals surface area contributed by atoms with E-state index >= 15 is 0 Å². The average molecular weight is 389 g/mol. The maximum Gasteiger partial charge on any atom is 0.227 e. The number of fused-ring (bicyclic) bond motifs is 3. The number of nitrogens with one attached hydrogen (secondary N) is 2. The highest BCUT2D eigenvalue weighted by atomic mass is 16.2. The van der Waals surface area contributed by atoms with Crippen molar-refractivity contribution in [1.29, 1.82) is 0 Å². The minimum absolute atomic E-state index is 0.162. The lowest BCUT2D eigenvalue weighted by Gasteiger charge is -2.12. The standard InChI is InChI=1S/C25H28N2O2/c28-24(16-5-1-2-6-16)26-20-9-11-22-18(14-20)13-19-15-21(10-12-23(19)22)27-25(29)17-7-3-4-8-17/h9-12,14-17H,1-8,13H2,(H,26,28)(H,27,29). The molecule has 2 fully saturated rings. The molecule has 2 N–H and O–H groups in total. The minimum Gasteiger partial charge on any atom is -0.326 e. The Morgan fingerprint density at radius 3 is 1.48 bits per heavy atom. The zero-order valence-electron chi connectivity index (χ0n) is 16.8. The van der Waals surface area contributed by atoms with E-state index in [9.17, 15) is 9.59 Å². The molecule has 0 aliphatic heterocycles. The first-order valence-electron chi connectivity index (χ1n) is 11.1. The fraction of sp³-hybridized carbons (Fsp3) is 0.440. The van der Waals surface area contributed by atoms with Crippen LogP contribution in [0.25, 0.3) is 11.1 Å². The van der Waals surface area contributed by atoms with E-state index in [1.54, 1.807) is 0 Å². The molecule has 5 rings (SSSR count). The number of benzene rings is 2. The van der Waals surface area contributed by atoms with Crippen LogP contribution in [0.3, 0.4) is 0 Å². The van der Waals surface area contributed by atoms with Crippen LogP contribution in [0.2, 0.25) is 0 Å². The molecule has 0 atom stereocenters. The second-order valence-corrected chi connectivity index (χ2v) is 8.86. The van der Waals surface area contributed by atoms with Crippen molar-refractivity contribution in [3.8, 4) is 11.1 Å². The monoisotopic (exact) mass is 388 g/mol.